The highest BCUT2D eigenvalue weighted by atomic mass is 79.9. The van der Waals surface area contributed by atoms with E-state index >= 15 is 0 Å². The van der Waals surface area contributed by atoms with Crippen molar-refractivity contribution >= 4 is 99.6 Å². The van der Waals surface area contributed by atoms with Gasteiger partial charge in [0.1, 0.15) is 23.0 Å². The smallest absolute Gasteiger partial charge is 0.449 e. The van der Waals surface area contributed by atoms with E-state index in [9.17, 15) is 39.6 Å². The molecule has 12 nitrogen and oxygen atoms in total. The average molecular weight is 650 g/mol. The standard InChI is InChI=1S/C24H10Br2O12/c25-9-5-14(38-24(33)34)20-12(36-22(29)30)4-2-8-16-10(26)6-13(37-23(31)32)19-11(35-21(27)28)3-1-7(17(16)19)15(9)18(8)20/h1-6H,(H,27,28)(H,29,30)(H,31,32)(H,33,34). The molecule has 14 heteroatoms. The molecule has 0 spiro atoms. The van der Waals surface area contributed by atoms with E-state index in [0.717, 1.165) is 0 Å². The molecular weight excluding hydrogens is 640 g/mol. The van der Waals surface area contributed by atoms with E-state index in [2.05, 4.69) is 31.9 Å². The van der Waals surface area contributed by atoms with Gasteiger partial charge in [0.25, 0.3) is 0 Å². The van der Waals surface area contributed by atoms with Crippen LogP contribution < -0.4 is 18.9 Å². The lowest BCUT2D eigenvalue weighted by Gasteiger charge is -2.21. The Hall–Kier alpha value is -4.56. The molecule has 0 radical (unpaired) electrons. The molecule has 38 heavy (non-hydrogen) atoms. The fourth-order valence-electron chi connectivity index (χ4n) is 4.58. The zero-order chi connectivity index (χ0) is 27.5. The second-order valence-electron chi connectivity index (χ2n) is 7.66. The van der Waals surface area contributed by atoms with Crippen molar-refractivity contribution < 1.29 is 58.6 Å². The molecule has 0 aromatic heterocycles. The summed E-state index contributed by atoms with van der Waals surface area (Å²) in [5.74, 6) is -0.829. The summed E-state index contributed by atoms with van der Waals surface area (Å²) in [7, 11) is 0. The topological polar surface area (TPSA) is 186 Å². The van der Waals surface area contributed by atoms with Crippen molar-refractivity contribution in [3.05, 3.63) is 45.3 Å². The summed E-state index contributed by atoms with van der Waals surface area (Å²) in [5.41, 5.74) is 0. The third kappa shape index (κ3) is 3.99. The molecule has 0 atom stereocenters. The Balaban J connectivity index is 2.09. The molecular formula is C24H10Br2O12. The summed E-state index contributed by atoms with van der Waals surface area (Å²) >= 11 is 6.84. The van der Waals surface area contributed by atoms with E-state index in [1.165, 1.54) is 36.4 Å². The zero-order valence-electron chi connectivity index (χ0n) is 18.3. The molecule has 0 fully saturated rings. The molecule has 0 saturated carbocycles. The van der Waals surface area contributed by atoms with Crippen LogP contribution in [0, 0.1) is 0 Å². The van der Waals surface area contributed by atoms with E-state index in [1.54, 1.807) is 0 Å². The van der Waals surface area contributed by atoms with Gasteiger partial charge in [-0.3, -0.25) is 0 Å². The highest BCUT2D eigenvalue weighted by Gasteiger charge is 2.27. The van der Waals surface area contributed by atoms with Gasteiger partial charge in [-0.15, -0.1) is 0 Å². The minimum atomic E-state index is -1.65. The summed E-state index contributed by atoms with van der Waals surface area (Å²) in [6.07, 6.45) is -6.58. The minimum Gasteiger partial charge on any atom is -0.449 e. The van der Waals surface area contributed by atoms with Gasteiger partial charge in [-0.1, -0.05) is 0 Å². The van der Waals surface area contributed by atoms with Crippen LogP contribution in [0.3, 0.4) is 0 Å². The molecule has 0 unspecified atom stereocenters. The maximum absolute atomic E-state index is 11.4. The van der Waals surface area contributed by atoms with Crippen LogP contribution in [-0.2, 0) is 0 Å². The first-order valence-corrected chi connectivity index (χ1v) is 11.8. The van der Waals surface area contributed by atoms with Gasteiger partial charge in [0.15, 0.2) is 0 Å². The van der Waals surface area contributed by atoms with Gasteiger partial charge in [0.2, 0.25) is 0 Å². The lowest BCUT2D eigenvalue weighted by atomic mass is 9.88. The fraction of sp³-hybridized carbons (Fsp3) is 0. The number of ether oxygens (including phenoxy) is 4. The number of rotatable bonds is 4. The van der Waals surface area contributed by atoms with Crippen LogP contribution in [0.1, 0.15) is 0 Å². The normalized spacial score (nSPS) is 11.2. The number of fused-ring (bicyclic) bond motifs is 2. The van der Waals surface area contributed by atoms with Crippen molar-refractivity contribution in [1.29, 1.82) is 0 Å². The van der Waals surface area contributed by atoms with Crippen molar-refractivity contribution in [2.75, 3.05) is 0 Å². The summed E-state index contributed by atoms with van der Waals surface area (Å²) in [4.78, 5) is 45.7. The van der Waals surface area contributed by atoms with Gasteiger partial charge in [-0.05, 0) is 79.0 Å². The first-order chi connectivity index (χ1) is 18.0. The van der Waals surface area contributed by atoms with Crippen LogP contribution in [0.2, 0.25) is 0 Å². The molecule has 0 aliphatic carbocycles. The number of carbonyl (C=O) groups is 4. The maximum atomic E-state index is 11.4. The number of hydrogen-bond donors (Lipinski definition) is 4. The molecule has 0 aliphatic rings. The predicted molar refractivity (Wildman–Crippen MR) is 138 cm³/mol. The van der Waals surface area contributed by atoms with Gasteiger partial charge in [-0.2, -0.15) is 0 Å². The van der Waals surface area contributed by atoms with Gasteiger partial charge in [0, 0.05) is 30.5 Å². The van der Waals surface area contributed by atoms with E-state index in [0.29, 0.717) is 41.3 Å². The number of hydrogen-bond acceptors (Lipinski definition) is 8. The van der Waals surface area contributed by atoms with Crippen LogP contribution >= 0.6 is 31.9 Å². The molecule has 0 heterocycles. The van der Waals surface area contributed by atoms with E-state index < -0.39 is 24.6 Å². The highest BCUT2D eigenvalue weighted by Crippen LogP contribution is 2.53. The molecule has 4 N–H and O–H groups in total. The Labute approximate surface area is 226 Å². The van der Waals surface area contributed by atoms with Crippen molar-refractivity contribution in [2.45, 2.75) is 0 Å². The first-order valence-electron chi connectivity index (χ1n) is 10.2. The summed E-state index contributed by atoms with van der Waals surface area (Å²) < 4.78 is 20.4. The third-order valence-electron chi connectivity index (χ3n) is 5.65. The Kier molecular flexibility index (Phi) is 6.00. The van der Waals surface area contributed by atoms with Gasteiger partial charge >= 0.3 is 24.6 Å². The summed E-state index contributed by atoms with van der Waals surface area (Å²) in [5, 5.41) is 39.7. The Morgan fingerprint density at radius 2 is 0.789 bits per heavy atom. The Morgan fingerprint density at radius 1 is 0.474 bits per heavy atom. The van der Waals surface area contributed by atoms with E-state index in [1.807, 2.05) is 0 Å². The lowest BCUT2D eigenvalue weighted by molar-refractivity contribution is 0.141. The molecule has 0 saturated heterocycles. The lowest BCUT2D eigenvalue weighted by Crippen LogP contribution is -2.08. The summed E-state index contributed by atoms with van der Waals surface area (Å²) in [6, 6.07) is 8.28. The SMILES string of the molecule is O=C(O)Oc1ccc2c3c(Br)cc(OC(=O)O)c4c(OC(=O)O)ccc(c5c(Br)cc(OC(=O)O)c1c25)c43. The van der Waals surface area contributed by atoms with Crippen LogP contribution in [0.25, 0.3) is 43.1 Å². The molecule has 192 valence electrons. The van der Waals surface area contributed by atoms with Crippen LogP contribution in [0.4, 0.5) is 19.2 Å². The number of benzene rings is 5. The second-order valence-corrected chi connectivity index (χ2v) is 9.37. The highest BCUT2D eigenvalue weighted by molar-refractivity contribution is 9.11. The van der Waals surface area contributed by atoms with Gasteiger partial charge < -0.3 is 39.4 Å². The zero-order valence-corrected chi connectivity index (χ0v) is 21.4. The van der Waals surface area contributed by atoms with Crippen LogP contribution in [0.5, 0.6) is 23.0 Å². The molecule has 0 bridgehead atoms. The quantitative estimate of drug-likeness (QED) is 0.0651. The maximum Gasteiger partial charge on any atom is 0.511 e. The average Bonchev–Trinajstić information content (AvgIpc) is 2.79. The fourth-order valence-corrected chi connectivity index (χ4v) is 5.82. The largest absolute Gasteiger partial charge is 0.511 e. The van der Waals surface area contributed by atoms with Crippen LogP contribution in [0.15, 0.2) is 45.3 Å². The van der Waals surface area contributed by atoms with Crippen molar-refractivity contribution in [2.24, 2.45) is 0 Å². The molecule has 0 aliphatic heterocycles. The monoisotopic (exact) mass is 648 g/mol. The Morgan fingerprint density at radius 3 is 1.11 bits per heavy atom. The molecule has 5 rings (SSSR count). The number of halogens is 2. The van der Waals surface area contributed by atoms with Crippen LogP contribution in [-0.4, -0.2) is 45.0 Å². The predicted octanol–water partition coefficient (Wildman–Crippen LogP) is 7.49. The van der Waals surface area contributed by atoms with Gasteiger partial charge in [-0.25, -0.2) is 19.2 Å². The second kappa shape index (κ2) is 9.08. The van der Waals surface area contributed by atoms with Gasteiger partial charge in [0.05, 0.1) is 10.8 Å². The third-order valence-corrected chi connectivity index (χ3v) is 6.90. The Bertz CT molecular complexity index is 1730. The van der Waals surface area contributed by atoms with E-state index in [-0.39, 0.29) is 33.8 Å². The number of carboxylic acid groups (broad SMARTS) is 4. The van der Waals surface area contributed by atoms with Crippen molar-refractivity contribution in [3.8, 4) is 23.0 Å². The summed E-state index contributed by atoms with van der Waals surface area (Å²) in [6.45, 7) is 0. The minimum absolute atomic E-state index is 0.0351. The van der Waals surface area contributed by atoms with E-state index in [4.69, 9.17) is 18.9 Å². The van der Waals surface area contributed by atoms with Crippen molar-refractivity contribution in [3.63, 3.8) is 0 Å². The molecule has 5 aromatic carbocycles. The molecule has 0 amide bonds. The first kappa shape index (κ1) is 25.1. The molecule has 5 aromatic rings. The van der Waals surface area contributed by atoms with Crippen molar-refractivity contribution in [1.82, 2.24) is 0 Å².